The molecular formula is C17H16BrNO3S2. The predicted molar refractivity (Wildman–Crippen MR) is 101 cm³/mol. The summed E-state index contributed by atoms with van der Waals surface area (Å²) in [5, 5.41) is 0. The van der Waals surface area contributed by atoms with E-state index in [4.69, 9.17) is 0 Å². The van der Waals surface area contributed by atoms with Crippen molar-refractivity contribution in [3.05, 3.63) is 50.6 Å². The molecule has 4 nitrogen and oxygen atoms in total. The van der Waals surface area contributed by atoms with Crippen LogP contribution >= 0.6 is 27.3 Å². The Labute approximate surface area is 153 Å². The molecule has 0 saturated heterocycles. The molecule has 0 bridgehead atoms. The van der Waals surface area contributed by atoms with Gasteiger partial charge in [-0.25, -0.2) is 8.42 Å². The maximum Gasteiger partial charge on any atom is 0.251 e. The molecule has 3 rings (SSSR count). The van der Waals surface area contributed by atoms with E-state index in [9.17, 15) is 13.2 Å². The molecular weight excluding hydrogens is 410 g/mol. The number of halogens is 1. The molecule has 1 aliphatic heterocycles. The summed E-state index contributed by atoms with van der Waals surface area (Å²) in [6.45, 7) is 0.641. The molecule has 24 heavy (non-hydrogen) atoms. The van der Waals surface area contributed by atoms with Gasteiger partial charge < -0.3 is 4.90 Å². The van der Waals surface area contributed by atoms with Gasteiger partial charge in [0, 0.05) is 29.4 Å². The molecule has 0 N–H and O–H groups in total. The van der Waals surface area contributed by atoms with Crippen LogP contribution in [0.5, 0.6) is 0 Å². The summed E-state index contributed by atoms with van der Waals surface area (Å²) in [5.41, 5.74) is 1.71. The molecule has 0 radical (unpaired) electrons. The number of anilines is 1. The van der Waals surface area contributed by atoms with E-state index in [1.165, 1.54) is 6.26 Å². The monoisotopic (exact) mass is 425 g/mol. The minimum absolute atomic E-state index is 0.0902. The maximum atomic E-state index is 12.5. The number of thiophene rings is 1. The van der Waals surface area contributed by atoms with Gasteiger partial charge in [-0.2, -0.15) is 0 Å². The minimum Gasteiger partial charge on any atom is -0.309 e. The Morgan fingerprint density at radius 2 is 2.08 bits per heavy atom. The zero-order chi connectivity index (χ0) is 17.3. The summed E-state index contributed by atoms with van der Waals surface area (Å²) in [4.78, 5) is 15.5. The van der Waals surface area contributed by atoms with Gasteiger partial charge in [-0.05, 0) is 70.7 Å². The molecule has 7 heteroatoms. The van der Waals surface area contributed by atoms with Gasteiger partial charge in [0.15, 0.2) is 9.84 Å². The number of carbonyl (C=O) groups is 1. The van der Waals surface area contributed by atoms with Crippen LogP contribution in [0.15, 0.2) is 45.1 Å². The van der Waals surface area contributed by atoms with Crippen molar-refractivity contribution in [1.29, 1.82) is 0 Å². The van der Waals surface area contributed by atoms with Crippen molar-refractivity contribution in [2.75, 3.05) is 17.7 Å². The summed E-state index contributed by atoms with van der Waals surface area (Å²) >= 11 is 4.96. The molecule has 0 aliphatic carbocycles. The van der Waals surface area contributed by atoms with Crippen LogP contribution in [0.2, 0.25) is 0 Å². The quantitative estimate of drug-likeness (QED) is 0.700. The number of fused-ring (bicyclic) bond motifs is 1. The van der Waals surface area contributed by atoms with Crippen LogP contribution in [-0.4, -0.2) is 27.1 Å². The average Bonchev–Trinajstić information content (AvgIpc) is 2.96. The van der Waals surface area contributed by atoms with Crippen molar-refractivity contribution in [1.82, 2.24) is 0 Å². The van der Waals surface area contributed by atoms with Gasteiger partial charge in [0.1, 0.15) is 0 Å². The lowest BCUT2D eigenvalue weighted by atomic mass is 10.0. The first-order chi connectivity index (χ1) is 11.3. The van der Waals surface area contributed by atoms with Crippen LogP contribution in [0.4, 0.5) is 5.69 Å². The molecule has 1 aliphatic rings. The van der Waals surface area contributed by atoms with Crippen molar-refractivity contribution >= 4 is 54.8 Å². The summed E-state index contributed by atoms with van der Waals surface area (Å²) < 4.78 is 24.4. The second-order valence-corrected chi connectivity index (χ2v) is 10.1. The highest BCUT2D eigenvalue weighted by Gasteiger charge is 2.22. The lowest BCUT2D eigenvalue weighted by molar-refractivity contribution is -0.114. The number of aryl methyl sites for hydroxylation is 1. The van der Waals surface area contributed by atoms with Gasteiger partial charge in [-0.15, -0.1) is 11.3 Å². The van der Waals surface area contributed by atoms with E-state index >= 15 is 0 Å². The van der Waals surface area contributed by atoms with E-state index in [1.807, 2.05) is 12.1 Å². The van der Waals surface area contributed by atoms with Crippen LogP contribution < -0.4 is 4.90 Å². The fourth-order valence-corrected chi connectivity index (χ4v) is 4.69. The van der Waals surface area contributed by atoms with Crippen molar-refractivity contribution < 1.29 is 13.2 Å². The van der Waals surface area contributed by atoms with Gasteiger partial charge in [-0.1, -0.05) is 0 Å². The largest absolute Gasteiger partial charge is 0.309 e. The van der Waals surface area contributed by atoms with E-state index in [-0.39, 0.29) is 5.91 Å². The number of hydrogen-bond acceptors (Lipinski definition) is 4. The molecule has 1 aromatic carbocycles. The number of nitrogens with zero attached hydrogens (tertiary/aromatic N) is 1. The number of benzene rings is 1. The van der Waals surface area contributed by atoms with Crippen molar-refractivity contribution in [3.63, 3.8) is 0 Å². The van der Waals surface area contributed by atoms with Crippen LogP contribution in [0, 0.1) is 0 Å². The fraction of sp³-hybridized carbons (Fsp3) is 0.235. The fourth-order valence-electron chi connectivity index (χ4n) is 2.69. The van der Waals surface area contributed by atoms with Crippen molar-refractivity contribution in [2.24, 2.45) is 0 Å². The van der Waals surface area contributed by atoms with Gasteiger partial charge in [0.25, 0.3) is 5.91 Å². The Bertz CT molecular complexity index is 916. The third kappa shape index (κ3) is 3.79. The third-order valence-electron chi connectivity index (χ3n) is 3.85. The second kappa shape index (κ2) is 6.82. The highest BCUT2D eigenvalue weighted by atomic mass is 79.9. The molecule has 0 atom stereocenters. The Hall–Kier alpha value is -1.44. The normalized spacial score (nSPS) is 14.8. The highest BCUT2D eigenvalue weighted by molar-refractivity contribution is 9.11. The number of sulfone groups is 1. The van der Waals surface area contributed by atoms with Gasteiger partial charge in [0.05, 0.1) is 8.68 Å². The van der Waals surface area contributed by atoms with E-state index in [0.29, 0.717) is 11.4 Å². The average molecular weight is 426 g/mol. The van der Waals surface area contributed by atoms with Crippen LogP contribution in [0.25, 0.3) is 6.08 Å². The van der Waals surface area contributed by atoms with Crippen LogP contribution in [0.1, 0.15) is 16.9 Å². The van der Waals surface area contributed by atoms with Crippen LogP contribution in [-0.2, 0) is 21.1 Å². The zero-order valence-electron chi connectivity index (χ0n) is 13.0. The van der Waals surface area contributed by atoms with E-state index in [1.54, 1.807) is 46.6 Å². The van der Waals surface area contributed by atoms with Gasteiger partial charge in [-0.3, -0.25) is 4.79 Å². The maximum absolute atomic E-state index is 12.5. The SMILES string of the molecule is CS(=O)(=O)c1ccc2c(c1)CCCN2C(=O)/C=C/c1ccc(Br)s1. The molecule has 0 saturated carbocycles. The minimum atomic E-state index is -3.24. The van der Waals surface area contributed by atoms with E-state index in [0.717, 1.165) is 32.8 Å². The van der Waals surface area contributed by atoms with Crippen LogP contribution in [0.3, 0.4) is 0 Å². The first kappa shape index (κ1) is 17.4. The number of rotatable bonds is 3. The molecule has 1 amide bonds. The van der Waals surface area contributed by atoms with E-state index < -0.39 is 9.84 Å². The molecule has 0 spiro atoms. The number of carbonyl (C=O) groups excluding carboxylic acids is 1. The Kier molecular flexibility index (Phi) is 4.94. The van der Waals surface area contributed by atoms with E-state index in [2.05, 4.69) is 15.9 Å². The smallest absolute Gasteiger partial charge is 0.251 e. The topological polar surface area (TPSA) is 54.5 Å². The predicted octanol–water partition coefficient (Wildman–Crippen LogP) is 3.91. The summed E-state index contributed by atoms with van der Waals surface area (Å²) in [6, 6.07) is 8.88. The molecule has 2 heterocycles. The standard InChI is InChI=1S/C17H16BrNO3S2/c1-24(21,22)14-6-7-15-12(11-14)3-2-10-19(15)17(20)9-5-13-4-8-16(18)23-13/h4-9,11H,2-3,10H2,1H3/b9-5+. The van der Waals surface area contributed by atoms with Crippen molar-refractivity contribution in [2.45, 2.75) is 17.7 Å². The molecule has 126 valence electrons. The van der Waals surface area contributed by atoms with Gasteiger partial charge >= 0.3 is 0 Å². The second-order valence-electron chi connectivity index (χ2n) is 5.63. The Morgan fingerprint density at radius 3 is 2.75 bits per heavy atom. The van der Waals surface area contributed by atoms with Crippen molar-refractivity contribution in [3.8, 4) is 0 Å². The molecule has 1 aromatic heterocycles. The Balaban J connectivity index is 1.86. The number of amides is 1. The number of hydrogen-bond donors (Lipinski definition) is 0. The third-order valence-corrected chi connectivity index (χ3v) is 6.55. The lowest BCUT2D eigenvalue weighted by Crippen LogP contribution is -2.34. The summed E-state index contributed by atoms with van der Waals surface area (Å²) in [6.07, 6.45) is 6.17. The first-order valence-corrected chi connectivity index (χ1v) is 10.9. The summed E-state index contributed by atoms with van der Waals surface area (Å²) in [5.74, 6) is -0.0902. The zero-order valence-corrected chi connectivity index (χ0v) is 16.2. The first-order valence-electron chi connectivity index (χ1n) is 7.42. The molecule has 2 aromatic rings. The molecule has 0 unspecified atom stereocenters. The highest BCUT2D eigenvalue weighted by Crippen LogP contribution is 2.30. The Morgan fingerprint density at radius 1 is 1.29 bits per heavy atom. The summed E-state index contributed by atoms with van der Waals surface area (Å²) in [7, 11) is -3.24. The van der Waals surface area contributed by atoms with Gasteiger partial charge in [0.2, 0.25) is 0 Å². The molecule has 0 fully saturated rings. The lowest BCUT2D eigenvalue weighted by Gasteiger charge is -2.29.